The van der Waals surface area contributed by atoms with E-state index in [-0.39, 0.29) is 11.7 Å². The van der Waals surface area contributed by atoms with Gasteiger partial charge in [-0.2, -0.15) is 0 Å². The lowest BCUT2D eigenvalue weighted by Crippen LogP contribution is -2.29. The van der Waals surface area contributed by atoms with Gasteiger partial charge in [0.1, 0.15) is 5.75 Å². The summed E-state index contributed by atoms with van der Waals surface area (Å²) in [6.07, 6.45) is 3.11. The Morgan fingerprint density at radius 3 is 2.38 bits per heavy atom. The normalized spacial score (nSPS) is 11.1. The molecule has 0 spiro atoms. The van der Waals surface area contributed by atoms with Crippen molar-refractivity contribution in [3.05, 3.63) is 72.1 Å². The third-order valence-corrected chi connectivity index (χ3v) is 4.75. The Morgan fingerprint density at radius 1 is 1.10 bits per heavy atom. The van der Waals surface area contributed by atoms with E-state index in [1.165, 1.54) is 5.56 Å². The standard InChI is InChI=1S/C23H26N4O2/c1-4-27(16(2)3)15-17-8-10-18(11-9-17)23(29)26-20-13-24-22(25-14-20)19-6-5-7-21(28)12-19/h5-14,16,28H,4,15H2,1-3H3,(H,26,29). The van der Waals surface area contributed by atoms with Crippen LogP contribution in [-0.2, 0) is 6.54 Å². The fourth-order valence-electron chi connectivity index (χ4n) is 3.05. The average molecular weight is 390 g/mol. The van der Waals surface area contributed by atoms with E-state index in [0.29, 0.717) is 28.7 Å². The van der Waals surface area contributed by atoms with Gasteiger partial charge in [-0.3, -0.25) is 9.69 Å². The molecule has 150 valence electrons. The van der Waals surface area contributed by atoms with Crippen molar-refractivity contribution in [1.82, 2.24) is 14.9 Å². The van der Waals surface area contributed by atoms with Gasteiger partial charge in [0.2, 0.25) is 0 Å². The molecule has 29 heavy (non-hydrogen) atoms. The van der Waals surface area contributed by atoms with Crippen LogP contribution in [0.5, 0.6) is 5.75 Å². The zero-order valence-electron chi connectivity index (χ0n) is 17.0. The Kier molecular flexibility index (Phi) is 6.57. The second-order valence-corrected chi connectivity index (χ2v) is 7.15. The Labute approximate surface area is 171 Å². The first kappa shape index (κ1) is 20.5. The molecule has 1 heterocycles. The minimum Gasteiger partial charge on any atom is -0.508 e. The highest BCUT2D eigenvalue weighted by Gasteiger charge is 2.10. The summed E-state index contributed by atoms with van der Waals surface area (Å²) in [7, 11) is 0. The first-order valence-electron chi connectivity index (χ1n) is 9.72. The molecule has 2 aromatic carbocycles. The van der Waals surface area contributed by atoms with Crippen LogP contribution in [0.25, 0.3) is 11.4 Å². The number of phenolic OH excluding ortho intramolecular Hbond substituents is 1. The van der Waals surface area contributed by atoms with E-state index in [9.17, 15) is 9.90 Å². The van der Waals surface area contributed by atoms with Crippen molar-refractivity contribution in [3.63, 3.8) is 0 Å². The highest BCUT2D eigenvalue weighted by Crippen LogP contribution is 2.20. The van der Waals surface area contributed by atoms with E-state index in [0.717, 1.165) is 13.1 Å². The quantitative estimate of drug-likeness (QED) is 0.628. The lowest BCUT2D eigenvalue weighted by atomic mass is 10.1. The van der Waals surface area contributed by atoms with E-state index in [1.54, 1.807) is 30.6 Å². The van der Waals surface area contributed by atoms with Crippen molar-refractivity contribution >= 4 is 11.6 Å². The molecule has 0 radical (unpaired) electrons. The van der Waals surface area contributed by atoms with Gasteiger partial charge in [0.25, 0.3) is 5.91 Å². The molecule has 1 amide bonds. The predicted molar refractivity (Wildman–Crippen MR) is 115 cm³/mol. The summed E-state index contributed by atoms with van der Waals surface area (Å²) in [6.45, 7) is 8.35. The highest BCUT2D eigenvalue weighted by atomic mass is 16.3. The van der Waals surface area contributed by atoms with Crippen LogP contribution in [0.4, 0.5) is 5.69 Å². The van der Waals surface area contributed by atoms with Crippen molar-refractivity contribution in [2.75, 3.05) is 11.9 Å². The molecule has 6 nitrogen and oxygen atoms in total. The lowest BCUT2D eigenvalue weighted by Gasteiger charge is -2.24. The summed E-state index contributed by atoms with van der Waals surface area (Å²) in [5.41, 5.74) is 2.98. The van der Waals surface area contributed by atoms with Gasteiger partial charge in [-0.25, -0.2) is 9.97 Å². The van der Waals surface area contributed by atoms with E-state index >= 15 is 0 Å². The summed E-state index contributed by atoms with van der Waals surface area (Å²) in [5, 5.41) is 12.4. The Bertz CT molecular complexity index is 953. The van der Waals surface area contributed by atoms with Gasteiger partial charge < -0.3 is 10.4 Å². The van der Waals surface area contributed by atoms with Gasteiger partial charge in [0.05, 0.1) is 18.1 Å². The highest BCUT2D eigenvalue weighted by molar-refractivity contribution is 6.04. The first-order chi connectivity index (χ1) is 14.0. The monoisotopic (exact) mass is 390 g/mol. The second-order valence-electron chi connectivity index (χ2n) is 7.15. The van der Waals surface area contributed by atoms with Crippen LogP contribution in [0, 0.1) is 0 Å². The SMILES string of the molecule is CCN(Cc1ccc(C(=O)Nc2cnc(-c3cccc(O)c3)nc2)cc1)C(C)C. The number of nitrogens with zero attached hydrogens (tertiary/aromatic N) is 3. The maximum absolute atomic E-state index is 12.5. The number of hydrogen-bond donors (Lipinski definition) is 2. The van der Waals surface area contributed by atoms with Crippen LogP contribution in [0.3, 0.4) is 0 Å². The van der Waals surface area contributed by atoms with Gasteiger partial charge in [-0.05, 0) is 50.2 Å². The average Bonchev–Trinajstić information content (AvgIpc) is 2.72. The number of carbonyl (C=O) groups excluding carboxylic acids is 1. The van der Waals surface area contributed by atoms with Crippen LogP contribution in [0.1, 0.15) is 36.7 Å². The number of benzene rings is 2. The number of rotatable bonds is 7. The molecule has 0 saturated carbocycles. The zero-order valence-corrected chi connectivity index (χ0v) is 17.0. The smallest absolute Gasteiger partial charge is 0.255 e. The van der Waals surface area contributed by atoms with Crippen molar-refractivity contribution in [1.29, 1.82) is 0 Å². The third-order valence-electron chi connectivity index (χ3n) is 4.75. The van der Waals surface area contributed by atoms with Crippen molar-refractivity contribution in [2.45, 2.75) is 33.4 Å². The fraction of sp³-hybridized carbons (Fsp3) is 0.261. The van der Waals surface area contributed by atoms with Gasteiger partial charge in [0, 0.05) is 23.7 Å². The summed E-state index contributed by atoms with van der Waals surface area (Å²) in [6, 6.07) is 14.8. The van der Waals surface area contributed by atoms with E-state index in [2.05, 4.69) is 41.0 Å². The maximum Gasteiger partial charge on any atom is 0.255 e. The lowest BCUT2D eigenvalue weighted by molar-refractivity contribution is 0.102. The number of amides is 1. The molecule has 0 saturated heterocycles. The number of carbonyl (C=O) groups is 1. The van der Waals surface area contributed by atoms with Gasteiger partial charge in [-0.1, -0.05) is 31.2 Å². The van der Waals surface area contributed by atoms with Gasteiger partial charge in [-0.15, -0.1) is 0 Å². The van der Waals surface area contributed by atoms with Crippen molar-refractivity contribution < 1.29 is 9.90 Å². The van der Waals surface area contributed by atoms with E-state index in [4.69, 9.17) is 0 Å². The van der Waals surface area contributed by atoms with Gasteiger partial charge in [0.15, 0.2) is 5.82 Å². The van der Waals surface area contributed by atoms with Crippen LogP contribution in [0.15, 0.2) is 60.9 Å². The van der Waals surface area contributed by atoms with Crippen molar-refractivity contribution in [3.8, 4) is 17.1 Å². The summed E-state index contributed by atoms with van der Waals surface area (Å²) < 4.78 is 0. The molecule has 0 fully saturated rings. The number of anilines is 1. The van der Waals surface area contributed by atoms with Crippen LogP contribution in [0.2, 0.25) is 0 Å². The minimum atomic E-state index is -0.207. The molecular formula is C23H26N4O2. The van der Waals surface area contributed by atoms with Crippen molar-refractivity contribution in [2.24, 2.45) is 0 Å². The Morgan fingerprint density at radius 2 is 1.79 bits per heavy atom. The molecule has 0 aliphatic heterocycles. The summed E-state index contributed by atoms with van der Waals surface area (Å²) in [5.74, 6) is 0.428. The molecule has 0 atom stereocenters. The van der Waals surface area contributed by atoms with Crippen LogP contribution < -0.4 is 5.32 Å². The number of aromatic hydroxyl groups is 1. The number of nitrogens with one attached hydrogen (secondary N) is 1. The van der Waals surface area contributed by atoms with Gasteiger partial charge >= 0.3 is 0 Å². The molecule has 0 aliphatic carbocycles. The summed E-state index contributed by atoms with van der Waals surface area (Å²) >= 11 is 0. The molecule has 1 aromatic heterocycles. The maximum atomic E-state index is 12.5. The molecule has 2 N–H and O–H groups in total. The topological polar surface area (TPSA) is 78.4 Å². The van der Waals surface area contributed by atoms with E-state index < -0.39 is 0 Å². The molecule has 3 rings (SSSR count). The molecule has 6 heteroatoms. The number of hydrogen-bond acceptors (Lipinski definition) is 5. The largest absolute Gasteiger partial charge is 0.508 e. The molecular weight excluding hydrogens is 364 g/mol. The van der Waals surface area contributed by atoms with E-state index in [1.807, 2.05) is 30.3 Å². The zero-order chi connectivity index (χ0) is 20.8. The van der Waals surface area contributed by atoms with Crippen LogP contribution >= 0.6 is 0 Å². The third kappa shape index (κ3) is 5.39. The van der Waals surface area contributed by atoms with Crippen LogP contribution in [-0.4, -0.2) is 38.5 Å². The molecule has 0 bridgehead atoms. The predicted octanol–water partition coefficient (Wildman–Crippen LogP) is 4.33. The Balaban J connectivity index is 1.64. The second kappa shape index (κ2) is 9.30. The number of aromatic nitrogens is 2. The number of phenols is 1. The minimum absolute atomic E-state index is 0.155. The molecule has 0 aliphatic rings. The summed E-state index contributed by atoms with van der Waals surface area (Å²) in [4.78, 5) is 23.4. The molecule has 3 aromatic rings. The fourth-order valence-corrected chi connectivity index (χ4v) is 3.05. The first-order valence-corrected chi connectivity index (χ1v) is 9.72. The Hall–Kier alpha value is -3.25. The molecule has 0 unspecified atom stereocenters.